The van der Waals surface area contributed by atoms with Crippen LogP contribution in [-0.2, 0) is 0 Å². The van der Waals surface area contributed by atoms with Gasteiger partial charge in [-0.15, -0.1) is 0 Å². The molecule has 134 valence electrons. The van der Waals surface area contributed by atoms with Crippen LogP contribution in [-0.4, -0.2) is 11.7 Å². The fraction of sp³-hybridized carbons (Fsp3) is 0.200. The molecule has 0 aromatic heterocycles. The Kier molecular flexibility index (Phi) is 3.97. The third-order valence-electron chi connectivity index (χ3n) is 5.75. The van der Waals surface area contributed by atoms with Gasteiger partial charge in [-0.05, 0) is 52.4 Å². The minimum Gasteiger partial charge on any atom is -0.507 e. The van der Waals surface area contributed by atoms with Crippen molar-refractivity contribution in [1.82, 2.24) is 0 Å². The second-order valence-electron chi connectivity index (χ2n) is 7.45. The van der Waals surface area contributed by atoms with E-state index in [-0.39, 0.29) is 0 Å². The summed E-state index contributed by atoms with van der Waals surface area (Å²) in [7, 11) is 0. The standard InChI is InChI=1S/C25H22O2/c26-22-14-12-18-8-1-3-10-20(18)24(22)25-21-11-4-2-9-19(21)13-15-23(25)27-16-17-6-5-7-17/h1-4,8-15,17,26H,5-7,16H2. The van der Waals surface area contributed by atoms with Crippen molar-refractivity contribution in [2.75, 3.05) is 6.61 Å². The minimum absolute atomic E-state index is 0.290. The molecule has 2 heteroatoms. The maximum absolute atomic E-state index is 10.8. The average molecular weight is 354 g/mol. The van der Waals surface area contributed by atoms with E-state index in [2.05, 4.69) is 36.4 Å². The van der Waals surface area contributed by atoms with Crippen LogP contribution < -0.4 is 4.74 Å². The minimum atomic E-state index is 0.290. The van der Waals surface area contributed by atoms with Crippen molar-refractivity contribution in [3.05, 3.63) is 72.8 Å². The van der Waals surface area contributed by atoms with Gasteiger partial charge in [0.2, 0.25) is 0 Å². The van der Waals surface area contributed by atoms with Crippen molar-refractivity contribution in [3.8, 4) is 22.6 Å². The Balaban J connectivity index is 1.77. The topological polar surface area (TPSA) is 29.5 Å². The number of hydrogen-bond acceptors (Lipinski definition) is 2. The second-order valence-corrected chi connectivity index (χ2v) is 7.45. The molecule has 0 atom stereocenters. The molecule has 0 heterocycles. The van der Waals surface area contributed by atoms with Gasteiger partial charge in [0.05, 0.1) is 6.61 Å². The van der Waals surface area contributed by atoms with E-state index in [0.717, 1.165) is 45.0 Å². The lowest BCUT2D eigenvalue weighted by Gasteiger charge is -2.26. The van der Waals surface area contributed by atoms with Crippen molar-refractivity contribution in [2.24, 2.45) is 5.92 Å². The Bertz CT molecular complexity index is 1130. The van der Waals surface area contributed by atoms with Gasteiger partial charge in [0.25, 0.3) is 0 Å². The Hall–Kier alpha value is -3.00. The highest BCUT2D eigenvalue weighted by Gasteiger charge is 2.21. The van der Waals surface area contributed by atoms with E-state index < -0.39 is 0 Å². The summed E-state index contributed by atoms with van der Waals surface area (Å²) in [6.07, 6.45) is 3.81. The molecule has 0 amide bonds. The van der Waals surface area contributed by atoms with Gasteiger partial charge in [-0.3, -0.25) is 0 Å². The number of fused-ring (bicyclic) bond motifs is 2. The quantitative estimate of drug-likeness (QED) is 0.450. The molecule has 0 aliphatic heterocycles. The van der Waals surface area contributed by atoms with Gasteiger partial charge in [-0.25, -0.2) is 0 Å². The third-order valence-corrected chi connectivity index (χ3v) is 5.75. The molecule has 0 unspecified atom stereocenters. The number of ether oxygens (including phenoxy) is 1. The lowest BCUT2D eigenvalue weighted by atomic mass is 9.86. The number of hydrogen-bond donors (Lipinski definition) is 1. The lowest BCUT2D eigenvalue weighted by molar-refractivity contribution is 0.181. The van der Waals surface area contributed by atoms with E-state index in [1.165, 1.54) is 19.3 Å². The largest absolute Gasteiger partial charge is 0.507 e. The molecule has 0 radical (unpaired) electrons. The normalized spacial score (nSPS) is 14.4. The fourth-order valence-electron chi connectivity index (χ4n) is 4.02. The molecule has 1 N–H and O–H groups in total. The number of phenolic OH excluding ortho intramolecular Hbond substituents is 1. The molecular weight excluding hydrogens is 332 g/mol. The van der Waals surface area contributed by atoms with E-state index in [0.29, 0.717) is 11.7 Å². The van der Waals surface area contributed by atoms with E-state index >= 15 is 0 Å². The molecule has 5 rings (SSSR count). The van der Waals surface area contributed by atoms with Crippen LogP contribution in [0.25, 0.3) is 32.7 Å². The number of rotatable bonds is 4. The van der Waals surface area contributed by atoms with E-state index in [9.17, 15) is 5.11 Å². The molecule has 4 aromatic carbocycles. The Labute approximate surface area is 159 Å². The van der Waals surface area contributed by atoms with Crippen molar-refractivity contribution in [1.29, 1.82) is 0 Å². The van der Waals surface area contributed by atoms with Crippen LogP contribution in [0.1, 0.15) is 19.3 Å². The summed E-state index contributed by atoms with van der Waals surface area (Å²) >= 11 is 0. The van der Waals surface area contributed by atoms with Gasteiger partial charge >= 0.3 is 0 Å². The van der Waals surface area contributed by atoms with Crippen LogP contribution in [0.4, 0.5) is 0 Å². The first-order valence-electron chi connectivity index (χ1n) is 9.67. The zero-order valence-corrected chi connectivity index (χ0v) is 15.2. The average Bonchev–Trinajstić information content (AvgIpc) is 2.67. The van der Waals surface area contributed by atoms with Crippen molar-refractivity contribution >= 4 is 21.5 Å². The van der Waals surface area contributed by atoms with Crippen LogP contribution >= 0.6 is 0 Å². The predicted octanol–water partition coefficient (Wildman–Crippen LogP) is 6.54. The summed E-state index contributed by atoms with van der Waals surface area (Å²) < 4.78 is 6.30. The van der Waals surface area contributed by atoms with Gasteiger partial charge in [-0.2, -0.15) is 0 Å². The first kappa shape index (κ1) is 16.2. The molecule has 1 saturated carbocycles. The zero-order valence-electron chi connectivity index (χ0n) is 15.2. The van der Waals surface area contributed by atoms with Gasteiger partial charge < -0.3 is 9.84 Å². The predicted molar refractivity (Wildman–Crippen MR) is 111 cm³/mol. The molecule has 1 fully saturated rings. The SMILES string of the molecule is Oc1ccc2ccccc2c1-c1c(OCC2CCC2)ccc2ccccc12. The van der Waals surface area contributed by atoms with E-state index in [1.807, 2.05) is 30.3 Å². The molecule has 0 saturated heterocycles. The van der Waals surface area contributed by atoms with Gasteiger partial charge in [0, 0.05) is 11.1 Å². The van der Waals surface area contributed by atoms with Gasteiger partial charge in [-0.1, -0.05) is 67.1 Å². The van der Waals surface area contributed by atoms with Crippen LogP contribution in [0.15, 0.2) is 72.8 Å². The Morgan fingerprint density at radius 3 is 2.04 bits per heavy atom. The highest BCUT2D eigenvalue weighted by atomic mass is 16.5. The monoisotopic (exact) mass is 354 g/mol. The summed E-state index contributed by atoms with van der Waals surface area (Å²) in [5, 5.41) is 15.2. The smallest absolute Gasteiger partial charge is 0.127 e. The molecule has 27 heavy (non-hydrogen) atoms. The summed E-state index contributed by atoms with van der Waals surface area (Å²) in [5.74, 6) is 1.80. The first-order valence-corrected chi connectivity index (χ1v) is 9.67. The third kappa shape index (κ3) is 2.82. The molecule has 0 bridgehead atoms. The lowest BCUT2D eigenvalue weighted by Crippen LogP contribution is -2.19. The van der Waals surface area contributed by atoms with Crippen LogP contribution in [0.5, 0.6) is 11.5 Å². The molecule has 1 aliphatic rings. The van der Waals surface area contributed by atoms with E-state index in [1.54, 1.807) is 6.07 Å². The number of phenols is 1. The Morgan fingerprint density at radius 2 is 1.37 bits per heavy atom. The highest BCUT2D eigenvalue weighted by molar-refractivity contribution is 6.09. The Morgan fingerprint density at radius 1 is 0.741 bits per heavy atom. The highest BCUT2D eigenvalue weighted by Crippen LogP contribution is 2.45. The molecule has 4 aromatic rings. The molecule has 2 nitrogen and oxygen atoms in total. The second kappa shape index (κ2) is 6.62. The molecule has 0 spiro atoms. The fourth-order valence-corrected chi connectivity index (χ4v) is 4.02. The van der Waals surface area contributed by atoms with Crippen LogP contribution in [0.2, 0.25) is 0 Å². The van der Waals surface area contributed by atoms with Crippen molar-refractivity contribution in [2.45, 2.75) is 19.3 Å². The first-order chi connectivity index (χ1) is 13.3. The van der Waals surface area contributed by atoms with Crippen molar-refractivity contribution < 1.29 is 9.84 Å². The number of aromatic hydroxyl groups is 1. The summed E-state index contributed by atoms with van der Waals surface area (Å²) in [4.78, 5) is 0. The molecular formula is C25H22O2. The van der Waals surface area contributed by atoms with Crippen LogP contribution in [0, 0.1) is 5.92 Å². The summed E-state index contributed by atoms with van der Waals surface area (Å²) in [5.41, 5.74) is 1.84. The maximum atomic E-state index is 10.8. The summed E-state index contributed by atoms with van der Waals surface area (Å²) in [6.45, 7) is 0.747. The molecule has 1 aliphatic carbocycles. The summed E-state index contributed by atoms with van der Waals surface area (Å²) in [6, 6.07) is 24.4. The van der Waals surface area contributed by atoms with Gasteiger partial charge in [0.1, 0.15) is 11.5 Å². The van der Waals surface area contributed by atoms with Gasteiger partial charge in [0.15, 0.2) is 0 Å². The zero-order chi connectivity index (χ0) is 18.2. The van der Waals surface area contributed by atoms with Crippen LogP contribution in [0.3, 0.4) is 0 Å². The van der Waals surface area contributed by atoms with E-state index in [4.69, 9.17) is 4.74 Å². The van der Waals surface area contributed by atoms with Crippen molar-refractivity contribution in [3.63, 3.8) is 0 Å². The number of benzene rings is 4. The maximum Gasteiger partial charge on any atom is 0.127 e.